The van der Waals surface area contributed by atoms with E-state index in [2.05, 4.69) is 5.40 Å². The van der Waals surface area contributed by atoms with E-state index in [4.69, 9.17) is 10.00 Å². The van der Waals surface area contributed by atoms with Crippen LogP contribution in [0.2, 0.25) is 0 Å². The molecule has 1 aliphatic rings. The van der Waals surface area contributed by atoms with E-state index in [0.717, 1.165) is 5.56 Å². The normalized spacial score (nSPS) is 31.8. The van der Waals surface area contributed by atoms with Crippen LogP contribution >= 0.6 is 11.8 Å². The molecular formula is C14H17NO2S. The summed E-state index contributed by atoms with van der Waals surface area (Å²) in [5.41, 5.74) is 0.103. The predicted octanol–water partition coefficient (Wildman–Crippen LogP) is 2.66. The summed E-state index contributed by atoms with van der Waals surface area (Å²) >= 11 is 1.18. The molecule has 1 saturated heterocycles. The van der Waals surface area contributed by atoms with Crippen molar-refractivity contribution in [3.8, 4) is 5.40 Å². The molecule has 1 aliphatic heterocycles. The lowest BCUT2D eigenvalue weighted by Crippen LogP contribution is -2.43. The van der Waals surface area contributed by atoms with Gasteiger partial charge in [0.1, 0.15) is 5.40 Å². The molecular weight excluding hydrogens is 246 g/mol. The molecule has 3 nitrogen and oxygen atoms in total. The second-order valence-electron chi connectivity index (χ2n) is 4.78. The molecule has 96 valence electrons. The standard InChI is InChI=1S/C14H17NO2S/c1-11-7-14(16,12-5-3-2-4-6-12)8-13(17-11)9-18-10-15/h2-6,11,13,16H,7-9H2,1H3/t11-,13-,14+/m0/s1. The molecule has 0 bridgehead atoms. The summed E-state index contributed by atoms with van der Waals surface area (Å²) in [4.78, 5) is 0. The first-order valence-corrected chi connectivity index (χ1v) is 7.07. The molecule has 4 heteroatoms. The maximum absolute atomic E-state index is 10.8. The minimum absolute atomic E-state index is 0.00764. The van der Waals surface area contributed by atoms with Crippen molar-refractivity contribution in [2.45, 2.75) is 37.6 Å². The second-order valence-corrected chi connectivity index (χ2v) is 5.58. The van der Waals surface area contributed by atoms with Crippen LogP contribution in [0, 0.1) is 10.7 Å². The summed E-state index contributed by atoms with van der Waals surface area (Å²) in [6, 6.07) is 9.72. The Kier molecular flexibility index (Phi) is 4.28. The highest BCUT2D eigenvalue weighted by Crippen LogP contribution is 2.38. The highest BCUT2D eigenvalue weighted by Gasteiger charge is 2.39. The van der Waals surface area contributed by atoms with Gasteiger partial charge in [-0.1, -0.05) is 30.3 Å². The Balaban J connectivity index is 2.14. The molecule has 0 unspecified atom stereocenters. The molecule has 0 amide bonds. The number of nitriles is 1. The summed E-state index contributed by atoms with van der Waals surface area (Å²) in [5, 5.41) is 21.5. The van der Waals surface area contributed by atoms with Crippen LogP contribution in [-0.2, 0) is 10.3 Å². The van der Waals surface area contributed by atoms with Crippen LogP contribution in [0.3, 0.4) is 0 Å². The van der Waals surface area contributed by atoms with Crippen molar-refractivity contribution in [1.82, 2.24) is 0 Å². The van der Waals surface area contributed by atoms with E-state index >= 15 is 0 Å². The zero-order valence-electron chi connectivity index (χ0n) is 10.4. The van der Waals surface area contributed by atoms with Gasteiger partial charge in [-0.25, -0.2) is 0 Å². The lowest BCUT2D eigenvalue weighted by molar-refractivity contribution is -0.134. The quantitative estimate of drug-likeness (QED) is 0.852. The highest BCUT2D eigenvalue weighted by molar-refractivity contribution is 8.03. The molecule has 1 aromatic rings. The maximum Gasteiger partial charge on any atom is 0.133 e. The van der Waals surface area contributed by atoms with E-state index in [1.807, 2.05) is 37.3 Å². The fraction of sp³-hybridized carbons (Fsp3) is 0.500. The van der Waals surface area contributed by atoms with Gasteiger partial charge in [0, 0.05) is 18.6 Å². The number of aliphatic hydroxyl groups is 1. The minimum atomic E-state index is -0.834. The topological polar surface area (TPSA) is 53.2 Å². The van der Waals surface area contributed by atoms with Gasteiger partial charge in [0.15, 0.2) is 0 Å². The molecule has 18 heavy (non-hydrogen) atoms. The lowest BCUT2D eigenvalue weighted by atomic mass is 9.82. The molecule has 0 radical (unpaired) electrons. The summed E-state index contributed by atoms with van der Waals surface area (Å²) in [6.45, 7) is 1.97. The van der Waals surface area contributed by atoms with Gasteiger partial charge in [-0.2, -0.15) is 5.26 Å². The summed E-state index contributed by atoms with van der Waals surface area (Å²) < 4.78 is 5.77. The fourth-order valence-corrected chi connectivity index (χ4v) is 3.03. The molecule has 2 rings (SSSR count). The van der Waals surface area contributed by atoms with Gasteiger partial charge >= 0.3 is 0 Å². The molecule has 0 aromatic heterocycles. The Bertz CT molecular complexity index is 431. The SMILES string of the molecule is C[C@H]1C[C@](O)(c2ccccc2)C[C@@H](CSC#N)O1. The van der Waals surface area contributed by atoms with E-state index in [-0.39, 0.29) is 12.2 Å². The highest BCUT2D eigenvalue weighted by atomic mass is 32.2. The number of hydrogen-bond donors (Lipinski definition) is 1. The smallest absolute Gasteiger partial charge is 0.133 e. The Morgan fingerprint density at radius 2 is 2.17 bits per heavy atom. The number of nitrogens with zero attached hydrogens (tertiary/aromatic N) is 1. The van der Waals surface area contributed by atoms with Gasteiger partial charge in [-0.3, -0.25) is 0 Å². The largest absolute Gasteiger partial charge is 0.385 e. The molecule has 1 aromatic carbocycles. The minimum Gasteiger partial charge on any atom is -0.385 e. The van der Waals surface area contributed by atoms with Crippen molar-refractivity contribution >= 4 is 11.8 Å². The first kappa shape index (κ1) is 13.4. The van der Waals surface area contributed by atoms with Gasteiger partial charge in [-0.15, -0.1) is 0 Å². The van der Waals surface area contributed by atoms with E-state index in [9.17, 15) is 5.11 Å². The number of benzene rings is 1. The van der Waals surface area contributed by atoms with Crippen LogP contribution in [0.4, 0.5) is 0 Å². The third kappa shape index (κ3) is 3.05. The first-order chi connectivity index (χ1) is 8.64. The molecule has 1 N–H and O–H groups in total. The van der Waals surface area contributed by atoms with Crippen LogP contribution in [-0.4, -0.2) is 23.1 Å². The van der Waals surface area contributed by atoms with Gasteiger partial charge in [-0.05, 0) is 24.2 Å². The van der Waals surface area contributed by atoms with Crippen LogP contribution in [0.15, 0.2) is 30.3 Å². The number of thiocyanates is 1. The number of ether oxygens (including phenoxy) is 1. The third-order valence-electron chi connectivity index (χ3n) is 3.26. The molecule has 0 aliphatic carbocycles. The van der Waals surface area contributed by atoms with Gasteiger partial charge in [0.05, 0.1) is 17.8 Å². The fourth-order valence-electron chi connectivity index (χ4n) is 2.57. The Morgan fingerprint density at radius 1 is 1.44 bits per heavy atom. The predicted molar refractivity (Wildman–Crippen MR) is 72.0 cm³/mol. The van der Waals surface area contributed by atoms with Gasteiger partial charge in [0.2, 0.25) is 0 Å². The Hall–Kier alpha value is -1.02. The van der Waals surface area contributed by atoms with Crippen LogP contribution in [0.1, 0.15) is 25.3 Å². The zero-order valence-corrected chi connectivity index (χ0v) is 11.2. The zero-order chi connectivity index (χ0) is 13.0. The van der Waals surface area contributed by atoms with Crippen molar-refractivity contribution in [3.05, 3.63) is 35.9 Å². The van der Waals surface area contributed by atoms with Crippen LogP contribution < -0.4 is 0 Å². The van der Waals surface area contributed by atoms with Crippen molar-refractivity contribution in [2.24, 2.45) is 0 Å². The van der Waals surface area contributed by atoms with Crippen molar-refractivity contribution < 1.29 is 9.84 Å². The summed E-state index contributed by atoms with van der Waals surface area (Å²) in [6.07, 6.45) is 1.10. The molecule has 1 heterocycles. The van der Waals surface area contributed by atoms with Crippen molar-refractivity contribution in [2.75, 3.05) is 5.75 Å². The molecule has 3 atom stereocenters. The second kappa shape index (κ2) is 5.75. The number of rotatable bonds is 3. The average Bonchev–Trinajstić information content (AvgIpc) is 2.36. The Labute approximate surface area is 112 Å². The van der Waals surface area contributed by atoms with Crippen LogP contribution in [0.5, 0.6) is 0 Å². The monoisotopic (exact) mass is 263 g/mol. The van der Waals surface area contributed by atoms with E-state index in [1.165, 1.54) is 11.8 Å². The molecule has 1 fully saturated rings. The summed E-state index contributed by atoms with van der Waals surface area (Å²) in [5.74, 6) is 0.607. The lowest BCUT2D eigenvalue weighted by Gasteiger charge is -2.40. The number of hydrogen-bond acceptors (Lipinski definition) is 4. The maximum atomic E-state index is 10.8. The van der Waals surface area contributed by atoms with E-state index in [0.29, 0.717) is 18.6 Å². The third-order valence-corrected chi connectivity index (χ3v) is 3.93. The van der Waals surface area contributed by atoms with E-state index in [1.54, 1.807) is 0 Å². The molecule has 0 saturated carbocycles. The van der Waals surface area contributed by atoms with Gasteiger partial charge in [0.25, 0.3) is 0 Å². The van der Waals surface area contributed by atoms with Crippen LogP contribution in [0.25, 0.3) is 0 Å². The van der Waals surface area contributed by atoms with E-state index < -0.39 is 5.60 Å². The van der Waals surface area contributed by atoms with Crippen molar-refractivity contribution in [1.29, 1.82) is 5.26 Å². The molecule has 0 spiro atoms. The van der Waals surface area contributed by atoms with Crippen molar-refractivity contribution in [3.63, 3.8) is 0 Å². The average molecular weight is 263 g/mol. The summed E-state index contributed by atoms with van der Waals surface area (Å²) in [7, 11) is 0. The Morgan fingerprint density at radius 3 is 2.83 bits per heavy atom. The van der Waals surface area contributed by atoms with Gasteiger partial charge < -0.3 is 9.84 Å². The first-order valence-electron chi connectivity index (χ1n) is 6.08. The number of thioether (sulfide) groups is 1.